The van der Waals surface area contributed by atoms with Crippen molar-refractivity contribution < 1.29 is 9.59 Å². The standard InChI is InChI=1S/C17H22BrN3O2/c1-19-11-12-5-4-9-20(12)16(22)13-8-10-21(17(13)23)15-7-3-2-6-14(15)18/h2-3,6-7,12-13,19H,4-5,8-11H2,1H3/t12-,13+/m1/s1. The number of benzene rings is 1. The second kappa shape index (κ2) is 7.01. The van der Waals surface area contributed by atoms with Crippen LogP contribution in [0, 0.1) is 5.92 Å². The maximum Gasteiger partial charge on any atom is 0.239 e. The minimum absolute atomic E-state index is 0.00213. The highest BCUT2D eigenvalue weighted by atomic mass is 79.9. The van der Waals surface area contributed by atoms with Crippen LogP contribution in [0.25, 0.3) is 0 Å². The van der Waals surface area contributed by atoms with Crippen LogP contribution < -0.4 is 10.2 Å². The third-order valence-corrected chi connectivity index (χ3v) is 5.42. The minimum Gasteiger partial charge on any atom is -0.338 e. The van der Waals surface area contributed by atoms with Gasteiger partial charge in [0.15, 0.2) is 0 Å². The van der Waals surface area contributed by atoms with Crippen molar-refractivity contribution in [2.24, 2.45) is 5.92 Å². The third-order valence-electron chi connectivity index (χ3n) is 4.75. The molecule has 124 valence electrons. The Hall–Kier alpha value is -1.40. The molecule has 2 aliphatic rings. The van der Waals surface area contributed by atoms with Gasteiger partial charge in [-0.15, -0.1) is 0 Å². The molecule has 5 nitrogen and oxygen atoms in total. The van der Waals surface area contributed by atoms with E-state index in [1.807, 2.05) is 36.2 Å². The third kappa shape index (κ3) is 3.15. The summed E-state index contributed by atoms with van der Waals surface area (Å²) in [7, 11) is 1.90. The molecule has 2 aliphatic heterocycles. The van der Waals surface area contributed by atoms with E-state index < -0.39 is 5.92 Å². The molecule has 2 heterocycles. The molecule has 0 unspecified atom stereocenters. The number of amides is 2. The molecule has 2 atom stereocenters. The highest BCUT2D eigenvalue weighted by Crippen LogP contribution is 2.33. The molecule has 0 spiro atoms. The summed E-state index contributed by atoms with van der Waals surface area (Å²) in [5, 5.41) is 3.14. The summed E-state index contributed by atoms with van der Waals surface area (Å²) >= 11 is 3.49. The lowest BCUT2D eigenvalue weighted by molar-refractivity contribution is -0.140. The average molecular weight is 380 g/mol. The quantitative estimate of drug-likeness (QED) is 0.814. The molecule has 2 saturated heterocycles. The predicted molar refractivity (Wildman–Crippen MR) is 93.3 cm³/mol. The van der Waals surface area contributed by atoms with Gasteiger partial charge in [-0.05, 0) is 54.4 Å². The Bertz CT molecular complexity index is 607. The summed E-state index contributed by atoms with van der Waals surface area (Å²) in [5.74, 6) is -0.598. The zero-order valence-electron chi connectivity index (χ0n) is 13.3. The number of hydrogen-bond donors (Lipinski definition) is 1. The van der Waals surface area contributed by atoms with Gasteiger partial charge in [0.25, 0.3) is 0 Å². The Kier molecular flexibility index (Phi) is 5.02. The first-order valence-electron chi connectivity index (χ1n) is 8.14. The number of para-hydroxylation sites is 1. The smallest absolute Gasteiger partial charge is 0.239 e. The number of carbonyl (C=O) groups excluding carboxylic acids is 2. The van der Waals surface area contributed by atoms with Crippen molar-refractivity contribution in [2.45, 2.75) is 25.3 Å². The van der Waals surface area contributed by atoms with Gasteiger partial charge in [0, 0.05) is 30.1 Å². The minimum atomic E-state index is -0.528. The van der Waals surface area contributed by atoms with Gasteiger partial charge in [-0.2, -0.15) is 0 Å². The van der Waals surface area contributed by atoms with Crippen molar-refractivity contribution in [3.63, 3.8) is 0 Å². The number of rotatable bonds is 4. The van der Waals surface area contributed by atoms with Gasteiger partial charge in [-0.1, -0.05) is 12.1 Å². The fraction of sp³-hybridized carbons (Fsp3) is 0.529. The lowest BCUT2D eigenvalue weighted by atomic mass is 10.1. The van der Waals surface area contributed by atoms with Crippen LogP contribution in [0.2, 0.25) is 0 Å². The molecule has 1 aromatic carbocycles. The summed E-state index contributed by atoms with van der Waals surface area (Å²) in [4.78, 5) is 29.2. The summed E-state index contributed by atoms with van der Waals surface area (Å²) in [5.41, 5.74) is 0.848. The van der Waals surface area contributed by atoms with Crippen molar-refractivity contribution in [1.29, 1.82) is 0 Å². The normalized spacial score (nSPS) is 24.5. The fourth-order valence-corrected chi connectivity index (χ4v) is 4.09. The topological polar surface area (TPSA) is 52.7 Å². The van der Waals surface area contributed by atoms with Crippen LogP contribution in [0.3, 0.4) is 0 Å². The average Bonchev–Trinajstić information content (AvgIpc) is 3.15. The van der Waals surface area contributed by atoms with Crippen molar-refractivity contribution in [3.05, 3.63) is 28.7 Å². The zero-order valence-corrected chi connectivity index (χ0v) is 14.9. The molecule has 0 aromatic heterocycles. The molecule has 23 heavy (non-hydrogen) atoms. The van der Waals surface area contributed by atoms with Gasteiger partial charge < -0.3 is 15.1 Å². The number of likely N-dealkylation sites (N-methyl/N-ethyl adjacent to an activating group) is 1. The molecule has 1 N–H and O–H groups in total. The van der Waals surface area contributed by atoms with Crippen LogP contribution in [0.1, 0.15) is 19.3 Å². The molecular weight excluding hydrogens is 358 g/mol. The number of likely N-dealkylation sites (tertiary alicyclic amines) is 1. The van der Waals surface area contributed by atoms with Crippen molar-refractivity contribution in [1.82, 2.24) is 10.2 Å². The van der Waals surface area contributed by atoms with E-state index in [1.165, 1.54) is 0 Å². The summed E-state index contributed by atoms with van der Waals surface area (Å²) in [6.07, 6.45) is 2.64. The van der Waals surface area contributed by atoms with E-state index in [4.69, 9.17) is 0 Å². The summed E-state index contributed by atoms with van der Waals surface area (Å²) in [6, 6.07) is 7.88. The molecular formula is C17H22BrN3O2. The SMILES string of the molecule is CNC[C@H]1CCCN1C(=O)[C@@H]1CCN(c2ccccc2Br)C1=O. The summed E-state index contributed by atoms with van der Waals surface area (Å²) in [6.45, 7) is 2.16. The molecule has 0 saturated carbocycles. The van der Waals surface area contributed by atoms with Crippen LogP contribution in [0.5, 0.6) is 0 Å². The van der Waals surface area contributed by atoms with E-state index in [-0.39, 0.29) is 17.9 Å². The predicted octanol–water partition coefficient (Wildman–Crippen LogP) is 2.01. The van der Waals surface area contributed by atoms with Crippen molar-refractivity contribution in [3.8, 4) is 0 Å². The van der Waals surface area contributed by atoms with Crippen LogP contribution in [0.4, 0.5) is 5.69 Å². The fourth-order valence-electron chi connectivity index (χ4n) is 3.59. The molecule has 0 radical (unpaired) electrons. The van der Waals surface area contributed by atoms with Crippen molar-refractivity contribution in [2.75, 3.05) is 31.6 Å². The van der Waals surface area contributed by atoms with Crippen LogP contribution in [0.15, 0.2) is 28.7 Å². The summed E-state index contributed by atoms with van der Waals surface area (Å²) < 4.78 is 0.885. The highest BCUT2D eigenvalue weighted by molar-refractivity contribution is 9.10. The Morgan fingerprint density at radius 2 is 2.09 bits per heavy atom. The molecule has 0 bridgehead atoms. The maximum absolute atomic E-state index is 12.8. The number of nitrogens with zero attached hydrogens (tertiary/aromatic N) is 2. The molecule has 6 heteroatoms. The van der Waals surface area contributed by atoms with Gasteiger partial charge in [-0.3, -0.25) is 9.59 Å². The monoisotopic (exact) mass is 379 g/mol. The van der Waals surface area contributed by atoms with Gasteiger partial charge in [0.1, 0.15) is 5.92 Å². The van der Waals surface area contributed by atoms with E-state index in [0.717, 1.165) is 36.1 Å². The Labute approximate surface area is 145 Å². The maximum atomic E-state index is 12.8. The van der Waals surface area contributed by atoms with E-state index in [0.29, 0.717) is 13.0 Å². The largest absolute Gasteiger partial charge is 0.338 e. The van der Waals surface area contributed by atoms with E-state index in [9.17, 15) is 9.59 Å². The number of hydrogen-bond acceptors (Lipinski definition) is 3. The lowest BCUT2D eigenvalue weighted by Crippen LogP contribution is -2.45. The molecule has 1 aromatic rings. The number of halogens is 1. The second-order valence-corrected chi connectivity index (χ2v) is 7.02. The Balaban J connectivity index is 1.74. The lowest BCUT2D eigenvalue weighted by Gasteiger charge is -2.27. The molecule has 2 fully saturated rings. The number of anilines is 1. The van der Waals surface area contributed by atoms with Gasteiger partial charge in [0.2, 0.25) is 11.8 Å². The zero-order chi connectivity index (χ0) is 16.4. The molecule has 0 aliphatic carbocycles. The van der Waals surface area contributed by atoms with E-state index >= 15 is 0 Å². The van der Waals surface area contributed by atoms with Crippen LogP contribution in [-0.4, -0.2) is 49.4 Å². The van der Waals surface area contributed by atoms with Crippen molar-refractivity contribution >= 4 is 33.4 Å². The Morgan fingerprint density at radius 3 is 2.83 bits per heavy atom. The number of nitrogens with one attached hydrogen (secondary N) is 1. The first kappa shape index (κ1) is 16.5. The molecule has 2 amide bonds. The second-order valence-electron chi connectivity index (χ2n) is 6.17. The van der Waals surface area contributed by atoms with E-state index in [2.05, 4.69) is 21.2 Å². The van der Waals surface area contributed by atoms with Gasteiger partial charge in [0.05, 0.1) is 5.69 Å². The van der Waals surface area contributed by atoms with E-state index in [1.54, 1.807) is 4.90 Å². The molecule has 3 rings (SSSR count). The number of carbonyl (C=O) groups is 2. The van der Waals surface area contributed by atoms with Crippen LogP contribution >= 0.6 is 15.9 Å². The van der Waals surface area contributed by atoms with Gasteiger partial charge in [-0.25, -0.2) is 0 Å². The first-order valence-corrected chi connectivity index (χ1v) is 8.93. The Morgan fingerprint density at radius 1 is 1.30 bits per heavy atom. The van der Waals surface area contributed by atoms with Gasteiger partial charge >= 0.3 is 0 Å². The van der Waals surface area contributed by atoms with Crippen LogP contribution in [-0.2, 0) is 9.59 Å². The first-order chi connectivity index (χ1) is 11.1. The highest BCUT2D eigenvalue weighted by Gasteiger charge is 2.42.